The van der Waals surface area contributed by atoms with E-state index in [-0.39, 0.29) is 23.0 Å². The van der Waals surface area contributed by atoms with Crippen molar-refractivity contribution >= 4 is 15.7 Å². The summed E-state index contributed by atoms with van der Waals surface area (Å²) in [5, 5.41) is 3.72. The van der Waals surface area contributed by atoms with Crippen molar-refractivity contribution in [3.63, 3.8) is 0 Å². The van der Waals surface area contributed by atoms with Crippen LogP contribution in [0.5, 0.6) is 6.08 Å². The van der Waals surface area contributed by atoms with E-state index in [1.54, 1.807) is 0 Å². The number of hydrogen-bond donors (Lipinski definition) is 1. The van der Waals surface area contributed by atoms with Gasteiger partial charge >= 0.3 is 18.0 Å². The predicted octanol–water partition coefficient (Wildman–Crippen LogP) is 1.45. The SMILES string of the molecule is COc1nn(-c2ccc(NS(=O)(=O)CC(F)(F)F)c(C)c2)c(=O)o1. The summed E-state index contributed by atoms with van der Waals surface area (Å²) in [7, 11) is -3.35. The first-order chi connectivity index (χ1) is 11.0. The van der Waals surface area contributed by atoms with E-state index in [1.165, 1.54) is 32.2 Å². The number of aromatic nitrogens is 2. The maximum Gasteiger partial charge on any atom is 0.444 e. The molecule has 2 aromatic rings. The first kappa shape index (κ1) is 17.8. The Labute approximate surface area is 133 Å². The van der Waals surface area contributed by atoms with Gasteiger partial charge in [0.2, 0.25) is 10.0 Å². The van der Waals surface area contributed by atoms with Gasteiger partial charge in [-0.15, -0.1) is 0 Å². The lowest BCUT2D eigenvalue weighted by atomic mass is 10.2. The van der Waals surface area contributed by atoms with E-state index in [1.807, 2.05) is 4.72 Å². The molecule has 1 aromatic carbocycles. The van der Waals surface area contributed by atoms with Crippen LogP contribution in [0.4, 0.5) is 18.9 Å². The summed E-state index contributed by atoms with van der Waals surface area (Å²) in [5.41, 5.74) is 0.460. The van der Waals surface area contributed by atoms with Crippen molar-refractivity contribution in [2.45, 2.75) is 13.1 Å². The van der Waals surface area contributed by atoms with Crippen LogP contribution in [-0.2, 0) is 10.0 Å². The van der Waals surface area contributed by atoms with Crippen LogP contribution in [0.2, 0.25) is 0 Å². The molecule has 0 spiro atoms. The summed E-state index contributed by atoms with van der Waals surface area (Å²) in [6.07, 6.45) is -5.13. The number of ether oxygens (including phenoxy) is 1. The molecule has 0 unspecified atom stereocenters. The Kier molecular flexibility index (Phi) is 4.60. The van der Waals surface area contributed by atoms with Gasteiger partial charge < -0.3 is 9.15 Å². The first-order valence-corrected chi connectivity index (χ1v) is 7.98. The number of benzene rings is 1. The van der Waals surface area contributed by atoms with E-state index >= 15 is 0 Å². The van der Waals surface area contributed by atoms with Gasteiger partial charge in [0.05, 0.1) is 18.5 Å². The standard InChI is InChI=1S/C12H12F3N3O5S/c1-7-5-8(18-11(19)23-10(16-18)22-2)3-4-9(7)17-24(20,21)6-12(13,14)15/h3-5,17H,6H2,1-2H3. The fourth-order valence-corrected chi connectivity index (χ4v) is 2.89. The average molecular weight is 367 g/mol. The van der Waals surface area contributed by atoms with Crippen LogP contribution >= 0.6 is 0 Å². The van der Waals surface area contributed by atoms with Gasteiger partial charge in [0, 0.05) is 0 Å². The molecule has 0 atom stereocenters. The van der Waals surface area contributed by atoms with Crippen molar-refractivity contribution < 1.29 is 30.7 Å². The number of sulfonamides is 1. The van der Waals surface area contributed by atoms with E-state index in [0.29, 0.717) is 0 Å². The highest BCUT2D eigenvalue weighted by Gasteiger charge is 2.35. The summed E-state index contributed by atoms with van der Waals surface area (Å²) in [5.74, 6) is -2.84. The molecular formula is C12H12F3N3O5S. The Morgan fingerprint density at radius 1 is 1.38 bits per heavy atom. The minimum absolute atomic E-state index is 0.0495. The second kappa shape index (κ2) is 6.19. The fourth-order valence-electron chi connectivity index (χ4n) is 1.82. The van der Waals surface area contributed by atoms with Crippen molar-refractivity contribution in [3.05, 3.63) is 34.3 Å². The molecule has 0 aliphatic carbocycles. The highest BCUT2D eigenvalue weighted by atomic mass is 32.2. The van der Waals surface area contributed by atoms with Crippen LogP contribution in [0.15, 0.2) is 27.4 Å². The summed E-state index contributed by atoms with van der Waals surface area (Å²) in [6.45, 7) is 1.46. The largest absolute Gasteiger partial charge is 0.452 e. The van der Waals surface area contributed by atoms with E-state index in [4.69, 9.17) is 0 Å². The van der Waals surface area contributed by atoms with E-state index in [9.17, 15) is 26.4 Å². The number of methoxy groups -OCH3 is 1. The molecule has 0 aliphatic heterocycles. The summed E-state index contributed by atoms with van der Waals surface area (Å²) < 4.78 is 71.7. The summed E-state index contributed by atoms with van der Waals surface area (Å²) in [4.78, 5) is 11.6. The highest BCUT2D eigenvalue weighted by molar-refractivity contribution is 7.92. The maximum absolute atomic E-state index is 12.2. The van der Waals surface area contributed by atoms with Crippen LogP contribution in [-0.4, -0.2) is 37.2 Å². The van der Waals surface area contributed by atoms with E-state index in [2.05, 4.69) is 14.3 Å². The van der Waals surface area contributed by atoms with Crippen LogP contribution < -0.4 is 15.2 Å². The second-order valence-corrected chi connectivity index (χ2v) is 6.45. The number of aryl methyl sites for hydroxylation is 1. The average Bonchev–Trinajstić information content (AvgIpc) is 2.79. The van der Waals surface area contributed by atoms with E-state index in [0.717, 1.165) is 4.68 Å². The number of hydrogen-bond acceptors (Lipinski definition) is 6. The number of nitrogens with zero attached hydrogens (tertiary/aromatic N) is 2. The molecule has 12 heteroatoms. The third-order valence-electron chi connectivity index (χ3n) is 2.78. The lowest BCUT2D eigenvalue weighted by Gasteiger charge is -2.12. The minimum Gasteiger partial charge on any atom is -0.452 e. The molecule has 24 heavy (non-hydrogen) atoms. The number of rotatable bonds is 5. The third kappa shape index (κ3) is 4.28. The van der Waals surface area contributed by atoms with Crippen LogP contribution in [0.25, 0.3) is 5.69 Å². The number of anilines is 1. The molecule has 0 amide bonds. The molecule has 1 N–H and O–H groups in total. The predicted molar refractivity (Wildman–Crippen MR) is 76.9 cm³/mol. The first-order valence-electron chi connectivity index (χ1n) is 6.33. The summed E-state index contributed by atoms with van der Waals surface area (Å²) >= 11 is 0. The Morgan fingerprint density at radius 3 is 2.54 bits per heavy atom. The Balaban J connectivity index is 2.30. The van der Waals surface area contributed by atoms with Crippen molar-refractivity contribution in [1.29, 1.82) is 0 Å². The second-order valence-electron chi connectivity index (χ2n) is 4.73. The quantitative estimate of drug-likeness (QED) is 0.858. The monoisotopic (exact) mass is 367 g/mol. The molecule has 0 saturated carbocycles. The lowest BCUT2D eigenvalue weighted by molar-refractivity contribution is -0.106. The molecule has 0 saturated heterocycles. The van der Waals surface area contributed by atoms with Gasteiger partial charge in [0.1, 0.15) is 0 Å². The molecule has 0 fully saturated rings. The molecule has 1 heterocycles. The van der Waals surface area contributed by atoms with Crippen molar-refractivity contribution in [1.82, 2.24) is 9.78 Å². The zero-order valence-electron chi connectivity index (χ0n) is 12.4. The molecule has 2 rings (SSSR count). The summed E-state index contributed by atoms with van der Waals surface area (Å²) in [6, 6.07) is 3.86. The molecule has 0 radical (unpaired) electrons. The highest BCUT2D eigenvalue weighted by Crippen LogP contribution is 2.23. The van der Waals surface area contributed by atoms with Gasteiger partial charge in [-0.2, -0.15) is 17.9 Å². The molecule has 8 nitrogen and oxygen atoms in total. The van der Waals surface area contributed by atoms with E-state index < -0.39 is 27.7 Å². The van der Waals surface area contributed by atoms with Gasteiger partial charge in [-0.25, -0.2) is 13.2 Å². The number of alkyl halides is 3. The zero-order chi connectivity index (χ0) is 18.1. The van der Waals surface area contributed by atoms with Gasteiger partial charge in [0.25, 0.3) is 0 Å². The third-order valence-corrected chi connectivity index (χ3v) is 4.02. The molecular weight excluding hydrogens is 355 g/mol. The van der Waals surface area contributed by atoms with Gasteiger partial charge in [-0.3, -0.25) is 4.72 Å². The van der Waals surface area contributed by atoms with Gasteiger partial charge in [-0.1, -0.05) is 5.10 Å². The van der Waals surface area contributed by atoms with Crippen LogP contribution in [0.1, 0.15) is 5.56 Å². The molecule has 132 valence electrons. The molecule has 1 aromatic heterocycles. The van der Waals surface area contributed by atoms with Gasteiger partial charge in [0.15, 0.2) is 5.75 Å². The Bertz CT molecular complexity index is 901. The van der Waals surface area contributed by atoms with Crippen molar-refractivity contribution in [2.75, 3.05) is 17.6 Å². The van der Waals surface area contributed by atoms with Crippen molar-refractivity contribution in [3.8, 4) is 11.8 Å². The Hall–Kier alpha value is -2.50. The Morgan fingerprint density at radius 2 is 2.04 bits per heavy atom. The van der Waals surface area contributed by atoms with Gasteiger partial charge in [-0.05, 0) is 30.7 Å². The van der Waals surface area contributed by atoms with Crippen LogP contribution in [0, 0.1) is 6.92 Å². The topological polar surface area (TPSA) is 103 Å². The normalized spacial score (nSPS) is 12.2. The molecule has 0 aliphatic rings. The smallest absolute Gasteiger partial charge is 0.444 e. The van der Waals surface area contributed by atoms with Crippen LogP contribution in [0.3, 0.4) is 0 Å². The van der Waals surface area contributed by atoms with Crippen molar-refractivity contribution in [2.24, 2.45) is 0 Å². The number of nitrogens with one attached hydrogen (secondary N) is 1. The fraction of sp³-hybridized carbons (Fsp3) is 0.333. The maximum atomic E-state index is 12.2. The zero-order valence-corrected chi connectivity index (χ0v) is 13.2. The number of halogens is 3. The minimum atomic E-state index is -4.86. The lowest BCUT2D eigenvalue weighted by Crippen LogP contribution is -2.28. The molecule has 0 bridgehead atoms.